The molecule has 0 saturated carbocycles. The van der Waals surface area contributed by atoms with Crippen LogP contribution in [0.5, 0.6) is 0 Å². The Bertz CT molecular complexity index is 120. The molecule has 0 amide bonds. The van der Waals surface area contributed by atoms with Crippen molar-refractivity contribution < 1.29 is 0 Å². The Morgan fingerprint density at radius 3 is 2.58 bits per heavy atom. The van der Waals surface area contributed by atoms with Gasteiger partial charge in [-0.25, -0.2) is 0 Å². The molecule has 0 spiro atoms. The number of hydrogen-bond donors (Lipinski definition) is 0. The van der Waals surface area contributed by atoms with Crippen LogP contribution in [-0.4, -0.2) is 24.0 Å². The van der Waals surface area contributed by atoms with E-state index in [0.29, 0.717) is 0 Å². The largest absolute Gasteiger partial charge is 0.301 e. The highest BCUT2D eigenvalue weighted by Gasteiger charge is 2.15. The molecule has 0 radical (unpaired) electrons. The van der Waals surface area contributed by atoms with E-state index in [-0.39, 0.29) is 0 Å². The lowest BCUT2D eigenvalue weighted by Gasteiger charge is -2.31. The number of nitrogens with zero attached hydrogens (tertiary/aromatic N) is 1. The van der Waals surface area contributed by atoms with Gasteiger partial charge in [0.15, 0.2) is 0 Å². The quantitative estimate of drug-likeness (QED) is 0.583. The molecule has 1 heterocycles. The Morgan fingerprint density at radius 2 is 1.92 bits per heavy atom. The van der Waals surface area contributed by atoms with Gasteiger partial charge >= 0.3 is 0 Å². The van der Waals surface area contributed by atoms with Gasteiger partial charge in [0.05, 0.1) is 0 Å². The maximum absolute atomic E-state index is 2.63. The molecule has 1 fully saturated rings. The molecule has 0 aromatic carbocycles. The summed E-state index contributed by atoms with van der Waals surface area (Å²) >= 11 is 0. The van der Waals surface area contributed by atoms with Crippen molar-refractivity contribution in [2.45, 2.75) is 52.5 Å². The van der Waals surface area contributed by atoms with Gasteiger partial charge in [-0.1, -0.05) is 19.8 Å². The Labute approximate surface area is 77.1 Å². The third kappa shape index (κ3) is 3.14. The zero-order valence-electron chi connectivity index (χ0n) is 8.84. The van der Waals surface area contributed by atoms with Crippen LogP contribution in [0, 0.1) is 5.92 Å². The Kier molecular flexibility index (Phi) is 4.07. The molecule has 12 heavy (non-hydrogen) atoms. The number of likely N-dealkylation sites (tertiary alicyclic amines) is 1. The molecule has 1 atom stereocenters. The van der Waals surface area contributed by atoms with E-state index in [4.69, 9.17) is 0 Å². The highest BCUT2D eigenvalue weighted by atomic mass is 15.1. The first-order chi connectivity index (χ1) is 5.70. The molecule has 1 unspecified atom stereocenters. The summed E-state index contributed by atoms with van der Waals surface area (Å²) in [6.07, 6.45) is 5.73. The molecule has 0 N–H and O–H groups in total. The van der Waals surface area contributed by atoms with Gasteiger partial charge in [0.2, 0.25) is 0 Å². The van der Waals surface area contributed by atoms with E-state index in [1.165, 1.54) is 38.8 Å². The van der Waals surface area contributed by atoms with Crippen LogP contribution in [0.15, 0.2) is 0 Å². The smallest absolute Gasteiger partial charge is 0.00387 e. The Hall–Kier alpha value is -0.0400. The van der Waals surface area contributed by atoms with Gasteiger partial charge in [-0.15, -0.1) is 0 Å². The van der Waals surface area contributed by atoms with Crippen molar-refractivity contribution in [3.63, 3.8) is 0 Å². The first-order valence-electron chi connectivity index (χ1n) is 5.44. The van der Waals surface area contributed by atoms with E-state index in [1.807, 2.05) is 0 Å². The minimum Gasteiger partial charge on any atom is -0.301 e. The molecule has 0 aromatic heterocycles. The molecule has 0 aliphatic carbocycles. The molecule has 1 nitrogen and oxygen atoms in total. The minimum atomic E-state index is 0.741. The topological polar surface area (TPSA) is 3.24 Å². The second kappa shape index (κ2) is 4.86. The lowest BCUT2D eigenvalue weighted by molar-refractivity contribution is 0.171. The maximum atomic E-state index is 2.63. The van der Waals surface area contributed by atoms with Crippen molar-refractivity contribution in [3.8, 4) is 0 Å². The highest BCUT2D eigenvalue weighted by Crippen LogP contribution is 2.17. The van der Waals surface area contributed by atoms with Crippen LogP contribution in [0.3, 0.4) is 0 Å². The van der Waals surface area contributed by atoms with E-state index < -0.39 is 0 Å². The second-order valence-corrected chi connectivity index (χ2v) is 4.54. The summed E-state index contributed by atoms with van der Waals surface area (Å²) < 4.78 is 0. The predicted octanol–water partition coefficient (Wildman–Crippen LogP) is 2.91. The van der Waals surface area contributed by atoms with E-state index in [2.05, 4.69) is 25.7 Å². The van der Waals surface area contributed by atoms with E-state index in [1.54, 1.807) is 0 Å². The van der Waals surface area contributed by atoms with Crippen LogP contribution in [0.1, 0.15) is 46.5 Å². The molecular weight excluding hydrogens is 146 g/mol. The standard InChI is InChI=1S/C11H23N/c1-10(2)12-8-6-4-5-7-11(3)9-12/h10-11H,4-9H2,1-3H3. The molecule has 0 bridgehead atoms. The Balaban J connectivity index is 2.38. The van der Waals surface area contributed by atoms with Gasteiger partial charge < -0.3 is 4.90 Å². The number of rotatable bonds is 1. The minimum absolute atomic E-state index is 0.741. The van der Waals surface area contributed by atoms with Gasteiger partial charge in [0.25, 0.3) is 0 Å². The summed E-state index contributed by atoms with van der Waals surface area (Å²) in [4.78, 5) is 2.63. The monoisotopic (exact) mass is 169 g/mol. The number of hydrogen-bond acceptors (Lipinski definition) is 1. The van der Waals surface area contributed by atoms with Crippen molar-refractivity contribution in [2.75, 3.05) is 13.1 Å². The van der Waals surface area contributed by atoms with Crippen LogP contribution in [0.4, 0.5) is 0 Å². The SMILES string of the molecule is CC1CCCCCN(C(C)C)C1. The molecule has 0 aromatic rings. The van der Waals surface area contributed by atoms with Crippen LogP contribution in [0.2, 0.25) is 0 Å². The summed E-state index contributed by atoms with van der Waals surface area (Å²) in [6.45, 7) is 9.66. The van der Waals surface area contributed by atoms with Gasteiger partial charge in [0.1, 0.15) is 0 Å². The molecule has 1 aliphatic rings. The summed E-state index contributed by atoms with van der Waals surface area (Å²) in [5.41, 5.74) is 0. The van der Waals surface area contributed by atoms with Gasteiger partial charge in [-0.2, -0.15) is 0 Å². The summed E-state index contributed by atoms with van der Waals surface area (Å²) in [7, 11) is 0. The molecule has 1 rings (SSSR count). The van der Waals surface area contributed by atoms with Crippen LogP contribution in [-0.2, 0) is 0 Å². The second-order valence-electron chi connectivity index (χ2n) is 4.54. The van der Waals surface area contributed by atoms with Crippen molar-refractivity contribution in [1.82, 2.24) is 4.90 Å². The zero-order valence-corrected chi connectivity index (χ0v) is 8.84. The third-order valence-corrected chi connectivity index (χ3v) is 2.92. The van der Waals surface area contributed by atoms with E-state index >= 15 is 0 Å². The third-order valence-electron chi connectivity index (χ3n) is 2.92. The van der Waals surface area contributed by atoms with Crippen LogP contribution >= 0.6 is 0 Å². The zero-order chi connectivity index (χ0) is 8.97. The van der Waals surface area contributed by atoms with Crippen molar-refractivity contribution >= 4 is 0 Å². The van der Waals surface area contributed by atoms with Crippen molar-refractivity contribution in [2.24, 2.45) is 5.92 Å². The summed E-state index contributed by atoms with van der Waals surface area (Å²) in [5.74, 6) is 0.910. The summed E-state index contributed by atoms with van der Waals surface area (Å²) in [6, 6.07) is 0.741. The average Bonchev–Trinajstić information content (AvgIpc) is 1.95. The lowest BCUT2D eigenvalue weighted by Crippen LogP contribution is -2.36. The Morgan fingerprint density at radius 1 is 1.17 bits per heavy atom. The molecule has 1 saturated heterocycles. The highest BCUT2D eigenvalue weighted by molar-refractivity contribution is 4.69. The normalized spacial score (nSPS) is 28.5. The van der Waals surface area contributed by atoms with E-state index in [0.717, 1.165) is 12.0 Å². The fourth-order valence-corrected chi connectivity index (χ4v) is 2.04. The average molecular weight is 169 g/mol. The lowest BCUT2D eigenvalue weighted by atomic mass is 9.99. The first-order valence-corrected chi connectivity index (χ1v) is 5.44. The first kappa shape index (κ1) is 10.0. The molecular formula is C11H23N. The predicted molar refractivity (Wildman–Crippen MR) is 54.3 cm³/mol. The molecule has 72 valence electrons. The summed E-state index contributed by atoms with van der Waals surface area (Å²) in [5, 5.41) is 0. The van der Waals surface area contributed by atoms with E-state index in [9.17, 15) is 0 Å². The maximum Gasteiger partial charge on any atom is 0.00387 e. The van der Waals surface area contributed by atoms with Crippen LogP contribution < -0.4 is 0 Å². The fraction of sp³-hybridized carbons (Fsp3) is 1.00. The van der Waals surface area contributed by atoms with Crippen molar-refractivity contribution in [3.05, 3.63) is 0 Å². The molecule has 1 heteroatoms. The van der Waals surface area contributed by atoms with Crippen LogP contribution in [0.25, 0.3) is 0 Å². The van der Waals surface area contributed by atoms with Gasteiger partial charge in [0, 0.05) is 12.6 Å². The van der Waals surface area contributed by atoms with Gasteiger partial charge in [-0.3, -0.25) is 0 Å². The van der Waals surface area contributed by atoms with Gasteiger partial charge in [-0.05, 0) is 39.2 Å². The molecule has 1 aliphatic heterocycles. The van der Waals surface area contributed by atoms with Crippen molar-refractivity contribution in [1.29, 1.82) is 0 Å². The fourth-order valence-electron chi connectivity index (χ4n) is 2.04.